The first kappa shape index (κ1) is 22.7. The molecule has 6 heteroatoms. The molecule has 2 fully saturated rings. The monoisotopic (exact) mass is 453 g/mol. The Hall–Kier alpha value is -2.50. The lowest BCUT2D eigenvalue weighted by atomic mass is 9.87. The summed E-state index contributed by atoms with van der Waals surface area (Å²) in [5.41, 5.74) is 4.08. The number of carbonyl (C=O) groups excluding carboxylic acids is 1. The van der Waals surface area contributed by atoms with Gasteiger partial charge in [0.1, 0.15) is 6.61 Å². The number of hydrogen-bond acceptors (Lipinski definition) is 4. The zero-order chi connectivity index (χ0) is 22.9. The van der Waals surface area contributed by atoms with E-state index in [4.69, 9.17) is 16.3 Å². The average molecular weight is 454 g/mol. The third-order valence-electron chi connectivity index (χ3n) is 6.22. The van der Waals surface area contributed by atoms with Crippen molar-refractivity contribution in [1.29, 1.82) is 0 Å². The molecule has 2 saturated heterocycles. The molecule has 170 valence electrons. The van der Waals surface area contributed by atoms with E-state index in [0.717, 1.165) is 43.1 Å². The summed E-state index contributed by atoms with van der Waals surface area (Å²) in [5, 5.41) is 0.622. The zero-order valence-electron chi connectivity index (χ0n) is 19.4. The molecule has 1 amide bonds. The number of piperazine rings is 1. The maximum Gasteiger partial charge on any atom is 0.293 e. The van der Waals surface area contributed by atoms with Crippen LogP contribution in [-0.2, 0) is 14.9 Å². The summed E-state index contributed by atoms with van der Waals surface area (Å²) in [7, 11) is 2.13. The Morgan fingerprint density at radius 2 is 1.66 bits per heavy atom. The quantitative estimate of drug-likeness (QED) is 0.626. The van der Waals surface area contributed by atoms with Gasteiger partial charge in [-0.2, -0.15) is 0 Å². The highest BCUT2D eigenvalue weighted by Gasteiger charge is 2.28. The van der Waals surface area contributed by atoms with Crippen LogP contribution in [0.1, 0.15) is 31.9 Å². The molecule has 0 N–H and O–H groups in total. The number of morpholine rings is 1. The van der Waals surface area contributed by atoms with Gasteiger partial charge in [-0.1, -0.05) is 50.6 Å². The number of halogens is 1. The summed E-state index contributed by atoms with van der Waals surface area (Å²) < 4.78 is 5.82. The lowest BCUT2D eigenvalue weighted by molar-refractivity contribution is -0.120. The minimum atomic E-state index is -0.135. The largest absolute Gasteiger partial charge is 0.486 e. The summed E-state index contributed by atoms with van der Waals surface area (Å²) in [6.45, 7) is 11.4. The van der Waals surface area contributed by atoms with Crippen molar-refractivity contribution in [2.75, 3.05) is 56.2 Å². The summed E-state index contributed by atoms with van der Waals surface area (Å²) in [6, 6.07) is 14.1. The van der Waals surface area contributed by atoms with Crippen LogP contribution in [0.2, 0.25) is 5.02 Å². The average Bonchev–Trinajstić information content (AvgIpc) is 2.76. The lowest BCUT2D eigenvalue weighted by Crippen LogP contribution is -2.44. The standard InChI is InChI=1S/C26H32ClN3O2/c1-26(2,3)19-8-10-20(11-9-19)30-16-17-32-24(25(30)31)18-21-22(27)6-5-7-23(21)29-14-12-28(4)13-15-29/h5-11,18H,12-17H2,1-4H3/b24-18-. The van der Waals surface area contributed by atoms with Gasteiger partial charge in [-0.05, 0) is 48.4 Å². The number of likely N-dealkylation sites (N-methyl/N-ethyl adjacent to an activating group) is 1. The van der Waals surface area contributed by atoms with E-state index in [1.807, 2.05) is 30.3 Å². The number of carbonyl (C=O) groups is 1. The van der Waals surface area contributed by atoms with Gasteiger partial charge >= 0.3 is 0 Å². The Balaban J connectivity index is 1.62. The number of rotatable bonds is 3. The number of nitrogens with zero attached hydrogens (tertiary/aromatic N) is 3. The number of benzene rings is 2. The van der Waals surface area contributed by atoms with Crippen molar-refractivity contribution < 1.29 is 9.53 Å². The fourth-order valence-electron chi connectivity index (χ4n) is 4.16. The molecule has 2 aliphatic heterocycles. The second kappa shape index (κ2) is 9.16. The van der Waals surface area contributed by atoms with Crippen molar-refractivity contribution >= 4 is 35.0 Å². The molecule has 4 rings (SSSR count). The normalized spacial score (nSPS) is 19.4. The molecule has 0 spiro atoms. The first-order valence-electron chi connectivity index (χ1n) is 11.2. The predicted molar refractivity (Wildman–Crippen MR) is 133 cm³/mol. The van der Waals surface area contributed by atoms with Gasteiger partial charge in [0.05, 0.1) is 11.6 Å². The smallest absolute Gasteiger partial charge is 0.293 e. The van der Waals surface area contributed by atoms with Crippen LogP contribution in [0.4, 0.5) is 11.4 Å². The van der Waals surface area contributed by atoms with Crippen molar-refractivity contribution in [3.63, 3.8) is 0 Å². The summed E-state index contributed by atoms with van der Waals surface area (Å²) in [6.07, 6.45) is 1.81. The Morgan fingerprint density at radius 3 is 2.31 bits per heavy atom. The molecule has 2 aliphatic rings. The number of amides is 1. The van der Waals surface area contributed by atoms with E-state index in [1.54, 1.807) is 4.90 Å². The second-order valence-corrected chi connectivity index (χ2v) is 9.98. The van der Waals surface area contributed by atoms with E-state index in [0.29, 0.717) is 23.9 Å². The maximum absolute atomic E-state index is 13.3. The summed E-state index contributed by atoms with van der Waals surface area (Å²) in [5.74, 6) is 0.198. The van der Waals surface area contributed by atoms with Crippen LogP contribution in [0.25, 0.3) is 6.08 Å². The lowest BCUT2D eigenvalue weighted by Gasteiger charge is -2.35. The molecule has 2 aromatic rings. The van der Waals surface area contributed by atoms with Crippen LogP contribution in [0.3, 0.4) is 0 Å². The van der Waals surface area contributed by atoms with Crippen LogP contribution in [0.5, 0.6) is 0 Å². The molecule has 0 atom stereocenters. The van der Waals surface area contributed by atoms with Gasteiger partial charge in [0.2, 0.25) is 0 Å². The van der Waals surface area contributed by atoms with Crippen molar-refractivity contribution in [1.82, 2.24) is 4.90 Å². The molecule has 0 aliphatic carbocycles. The molecule has 2 heterocycles. The highest BCUT2D eigenvalue weighted by Crippen LogP contribution is 2.32. The Labute approximate surface area is 196 Å². The third kappa shape index (κ3) is 4.79. The molecule has 0 unspecified atom stereocenters. The fraction of sp³-hybridized carbons (Fsp3) is 0.423. The minimum absolute atomic E-state index is 0.0718. The van der Waals surface area contributed by atoms with Gasteiger partial charge in [0, 0.05) is 43.1 Å². The molecule has 0 aromatic heterocycles. The van der Waals surface area contributed by atoms with Gasteiger partial charge in [-0.3, -0.25) is 4.79 Å². The molecule has 2 aromatic carbocycles. The number of anilines is 2. The molecule has 5 nitrogen and oxygen atoms in total. The third-order valence-corrected chi connectivity index (χ3v) is 6.55. The van der Waals surface area contributed by atoms with Crippen molar-refractivity contribution in [2.24, 2.45) is 0 Å². The van der Waals surface area contributed by atoms with Crippen molar-refractivity contribution in [2.45, 2.75) is 26.2 Å². The van der Waals surface area contributed by atoms with Crippen LogP contribution in [0.15, 0.2) is 48.2 Å². The van der Waals surface area contributed by atoms with Crippen LogP contribution in [-0.4, -0.2) is 57.2 Å². The van der Waals surface area contributed by atoms with E-state index >= 15 is 0 Å². The molecule has 32 heavy (non-hydrogen) atoms. The first-order chi connectivity index (χ1) is 15.2. The summed E-state index contributed by atoms with van der Waals surface area (Å²) in [4.78, 5) is 19.8. The topological polar surface area (TPSA) is 36.0 Å². The van der Waals surface area contributed by atoms with Crippen LogP contribution in [0, 0.1) is 0 Å². The molecule has 0 radical (unpaired) electrons. The van der Waals surface area contributed by atoms with E-state index in [2.05, 4.69) is 55.8 Å². The second-order valence-electron chi connectivity index (χ2n) is 9.57. The molecule has 0 saturated carbocycles. The van der Waals surface area contributed by atoms with Gasteiger partial charge in [0.25, 0.3) is 5.91 Å². The van der Waals surface area contributed by atoms with Gasteiger partial charge in [-0.25, -0.2) is 0 Å². The van der Waals surface area contributed by atoms with Gasteiger partial charge in [0.15, 0.2) is 5.76 Å². The van der Waals surface area contributed by atoms with E-state index in [1.165, 1.54) is 5.56 Å². The molecular weight excluding hydrogens is 422 g/mol. The number of hydrogen-bond donors (Lipinski definition) is 0. The first-order valence-corrected chi connectivity index (χ1v) is 11.6. The van der Waals surface area contributed by atoms with Crippen molar-refractivity contribution in [3.05, 3.63) is 64.4 Å². The van der Waals surface area contributed by atoms with Crippen LogP contribution >= 0.6 is 11.6 Å². The van der Waals surface area contributed by atoms with E-state index in [9.17, 15) is 4.79 Å². The van der Waals surface area contributed by atoms with Crippen LogP contribution < -0.4 is 9.80 Å². The Kier molecular flexibility index (Phi) is 6.50. The maximum atomic E-state index is 13.3. The molecule has 0 bridgehead atoms. The van der Waals surface area contributed by atoms with Crippen molar-refractivity contribution in [3.8, 4) is 0 Å². The Bertz CT molecular complexity index is 1000. The Morgan fingerprint density at radius 1 is 0.969 bits per heavy atom. The highest BCUT2D eigenvalue weighted by atomic mass is 35.5. The number of ether oxygens (including phenoxy) is 1. The van der Waals surface area contributed by atoms with Gasteiger partial charge in [-0.15, -0.1) is 0 Å². The predicted octanol–water partition coefficient (Wildman–Crippen LogP) is 4.79. The highest BCUT2D eigenvalue weighted by molar-refractivity contribution is 6.32. The van der Waals surface area contributed by atoms with E-state index < -0.39 is 0 Å². The summed E-state index contributed by atoms with van der Waals surface area (Å²) >= 11 is 6.60. The SMILES string of the molecule is CN1CCN(c2cccc(Cl)c2/C=C2\OCCN(c3ccc(C(C)(C)C)cc3)C2=O)CC1. The van der Waals surface area contributed by atoms with E-state index in [-0.39, 0.29) is 11.3 Å². The molecular formula is C26H32ClN3O2. The van der Waals surface area contributed by atoms with Gasteiger partial charge < -0.3 is 19.4 Å². The fourth-order valence-corrected chi connectivity index (χ4v) is 4.38. The zero-order valence-corrected chi connectivity index (χ0v) is 20.2. The minimum Gasteiger partial charge on any atom is -0.486 e.